The summed E-state index contributed by atoms with van der Waals surface area (Å²) in [4.78, 5) is 0. The van der Waals surface area contributed by atoms with Gasteiger partial charge in [-0.3, -0.25) is 0 Å². The topological polar surface area (TPSA) is 212 Å². The summed E-state index contributed by atoms with van der Waals surface area (Å²) in [5.74, 6) is 0. The Kier molecular flexibility index (Phi) is 29.6. The van der Waals surface area contributed by atoms with E-state index in [9.17, 15) is 0 Å². The van der Waals surface area contributed by atoms with Gasteiger partial charge in [0.15, 0.2) is 0 Å². The average molecular weight is 299 g/mol. The summed E-state index contributed by atoms with van der Waals surface area (Å²) in [7, 11) is -4.25. The van der Waals surface area contributed by atoms with Gasteiger partial charge in [-0.1, -0.05) is 13.8 Å². The fourth-order valence-electron chi connectivity index (χ4n) is 0.159. The molecular formula is C5H20B4O11. The van der Waals surface area contributed by atoms with Crippen LogP contribution in [0.1, 0.15) is 13.8 Å². The Hall–Kier alpha value is -0.180. The molecule has 15 heteroatoms. The van der Waals surface area contributed by atoms with Gasteiger partial charge >= 0.3 is 30.0 Å². The minimum Gasteiger partial charge on any atom is -0.429 e. The van der Waals surface area contributed by atoms with Crippen molar-refractivity contribution in [1.29, 1.82) is 0 Å². The molecule has 0 unspecified atom stereocenters. The Labute approximate surface area is 118 Å². The Bertz CT molecular complexity index is 146. The van der Waals surface area contributed by atoms with Crippen molar-refractivity contribution in [2.45, 2.75) is 13.8 Å². The van der Waals surface area contributed by atoms with Gasteiger partial charge in [0.25, 0.3) is 0 Å². The first kappa shape index (κ1) is 28.0. The van der Waals surface area contributed by atoms with Crippen LogP contribution >= 0.6 is 0 Å². The van der Waals surface area contributed by atoms with E-state index in [1.807, 2.05) is 0 Å². The normalized spacial score (nSPS) is 8.60. The van der Waals surface area contributed by atoms with Crippen LogP contribution in [0.3, 0.4) is 0 Å². The molecule has 0 rings (SSSR count). The first-order valence-electron chi connectivity index (χ1n) is 4.88. The minimum atomic E-state index is -2.13. The molecule has 0 spiro atoms. The maximum Gasteiger partial charge on any atom is 0.621 e. The zero-order valence-corrected chi connectivity index (χ0v) is 11.1. The summed E-state index contributed by atoms with van der Waals surface area (Å²) >= 11 is 0. The summed E-state index contributed by atoms with van der Waals surface area (Å²) in [6, 6.07) is 0. The molecule has 0 bridgehead atoms. The lowest BCUT2D eigenvalue weighted by molar-refractivity contribution is 0.0857. The van der Waals surface area contributed by atoms with Gasteiger partial charge in [0.05, 0.1) is 13.2 Å². The standard InChI is InChI=1S/C5H12O2.B2H4O5.2BH2O2/c1-5(2,3-6)4-7;3-1(4)7-2(5)6;2*2-1-3/h6-7H,3-4H2,1-2H3;3-6H;2*2-3H. The fourth-order valence-corrected chi connectivity index (χ4v) is 0.159. The highest BCUT2D eigenvalue weighted by Crippen LogP contribution is 2.10. The molecule has 0 heterocycles. The smallest absolute Gasteiger partial charge is 0.429 e. The first-order valence-corrected chi connectivity index (χ1v) is 4.88. The number of hydrogen-bond acceptors (Lipinski definition) is 11. The van der Waals surface area contributed by atoms with Crippen molar-refractivity contribution < 1.29 is 55.0 Å². The van der Waals surface area contributed by atoms with E-state index in [-0.39, 0.29) is 34.0 Å². The molecule has 0 aliphatic rings. The van der Waals surface area contributed by atoms with Crippen LogP contribution in [0.25, 0.3) is 0 Å². The van der Waals surface area contributed by atoms with E-state index in [1.54, 1.807) is 13.8 Å². The zero-order valence-electron chi connectivity index (χ0n) is 11.1. The molecule has 0 atom stereocenters. The molecule has 118 valence electrons. The van der Waals surface area contributed by atoms with Crippen molar-refractivity contribution in [2.75, 3.05) is 13.2 Å². The van der Waals surface area contributed by atoms with Gasteiger partial charge in [-0.05, 0) is 0 Å². The van der Waals surface area contributed by atoms with Crippen molar-refractivity contribution in [3.05, 3.63) is 0 Å². The highest BCUT2D eigenvalue weighted by molar-refractivity contribution is 6.48. The van der Waals surface area contributed by atoms with Crippen molar-refractivity contribution in [2.24, 2.45) is 5.41 Å². The Morgan fingerprint density at radius 1 is 0.800 bits per heavy atom. The lowest BCUT2D eigenvalue weighted by atomic mass is 9.97. The molecular weight excluding hydrogens is 279 g/mol. The van der Waals surface area contributed by atoms with Crippen molar-refractivity contribution in [1.82, 2.24) is 0 Å². The molecule has 11 nitrogen and oxygen atoms in total. The summed E-state index contributed by atoms with van der Waals surface area (Å²) < 4.78 is 3.47. The van der Waals surface area contributed by atoms with Crippen LogP contribution in [0.2, 0.25) is 0 Å². The number of hydrogen-bond donors (Lipinski definition) is 10. The second kappa shape index (κ2) is 21.1. The van der Waals surface area contributed by atoms with Gasteiger partial charge in [-0.25, -0.2) is 0 Å². The quantitative estimate of drug-likeness (QED) is 0.220. The summed E-state index contributed by atoms with van der Waals surface area (Å²) in [6.07, 6.45) is 0. The molecule has 0 amide bonds. The Morgan fingerprint density at radius 3 is 1.00 bits per heavy atom. The molecule has 0 aromatic rings. The van der Waals surface area contributed by atoms with E-state index in [4.69, 9.17) is 50.4 Å². The van der Waals surface area contributed by atoms with E-state index >= 15 is 0 Å². The van der Waals surface area contributed by atoms with Gasteiger partial charge in [-0.15, -0.1) is 0 Å². The van der Waals surface area contributed by atoms with E-state index in [2.05, 4.69) is 4.57 Å². The van der Waals surface area contributed by atoms with Gasteiger partial charge < -0.3 is 55.0 Å². The molecule has 2 radical (unpaired) electrons. The van der Waals surface area contributed by atoms with E-state index in [0.717, 1.165) is 0 Å². The zero-order chi connectivity index (χ0) is 17.2. The largest absolute Gasteiger partial charge is 0.621 e. The molecule has 0 fully saturated rings. The lowest BCUT2D eigenvalue weighted by Crippen LogP contribution is -2.28. The Balaban J connectivity index is -0.0000000927. The van der Waals surface area contributed by atoms with Crippen molar-refractivity contribution >= 4 is 30.0 Å². The molecule has 0 saturated heterocycles. The third-order valence-electron chi connectivity index (χ3n) is 1.10. The van der Waals surface area contributed by atoms with E-state index in [0.29, 0.717) is 0 Å². The number of rotatable bonds is 4. The molecule has 20 heavy (non-hydrogen) atoms. The second-order valence-electron chi connectivity index (χ2n) is 3.50. The van der Waals surface area contributed by atoms with Crippen LogP contribution in [0, 0.1) is 5.41 Å². The summed E-state index contributed by atoms with van der Waals surface area (Å²) in [6.45, 7) is 3.69. The van der Waals surface area contributed by atoms with Gasteiger partial charge in [0, 0.05) is 5.41 Å². The van der Waals surface area contributed by atoms with Crippen LogP contribution in [0.5, 0.6) is 0 Å². The second-order valence-corrected chi connectivity index (χ2v) is 3.50. The third-order valence-corrected chi connectivity index (χ3v) is 1.10. The average Bonchev–Trinajstić information content (AvgIpc) is 2.30. The molecule has 0 saturated carbocycles. The van der Waals surface area contributed by atoms with Crippen LogP contribution in [0.4, 0.5) is 0 Å². The maximum atomic E-state index is 8.43. The van der Waals surface area contributed by atoms with E-state index < -0.39 is 14.6 Å². The number of aliphatic hydroxyl groups excluding tert-OH is 2. The predicted molar refractivity (Wildman–Crippen MR) is 69.8 cm³/mol. The molecule has 0 aliphatic carbocycles. The SMILES string of the molecule is CC(C)(CO)CO.OB(O)OB(O)O.O[B]O.O[B]O. The maximum absolute atomic E-state index is 8.43. The first-order chi connectivity index (χ1) is 9.08. The van der Waals surface area contributed by atoms with Crippen LogP contribution < -0.4 is 0 Å². The highest BCUT2D eigenvalue weighted by Gasteiger charge is 2.18. The van der Waals surface area contributed by atoms with E-state index in [1.165, 1.54) is 0 Å². The number of aliphatic hydroxyl groups is 2. The Morgan fingerprint density at radius 2 is 1.00 bits per heavy atom. The van der Waals surface area contributed by atoms with Gasteiger partial charge in [-0.2, -0.15) is 0 Å². The highest BCUT2D eigenvalue weighted by atomic mass is 16.7. The summed E-state index contributed by atoms with van der Waals surface area (Å²) in [5, 5.41) is 75.8. The van der Waals surface area contributed by atoms with Crippen LogP contribution in [0.15, 0.2) is 0 Å². The molecule has 0 aliphatic heterocycles. The minimum absolute atomic E-state index is 0. The predicted octanol–water partition coefficient (Wildman–Crippen LogP) is -6.05. The van der Waals surface area contributed by atoms with Crippen molar-refractivity contribution in [3.63, 3.8) is 0 Å². The fraction of sp³-hybridized carbons (Fsp3) is 1.00. The third kappa shape index (κ3) is 52.3. The summed E-state index contributed by atoms with van der Waals surface area (Å²) in [5.41, 5.74) is -0.306. The van der Waals surface area contributed by atoms with Gasteiger partial charge in [0.2, 0.25) is 0 Å². The lowest BCUT2D eigenvalue weighted by Gasteiger charge is -2.16. The molecule has 0 aromatic carbocycles. The van der Waals surface area contributed by atoms with Crippen LogP contribution in [-0.2, 0) is 4.57 Å². The molecule has 0 aromatic heterocycles. The monoisotopic (exact) mass is 300 g/mol. The molecule has 10 N–H and O–H groups in total. The van der Waals surface area contributed by atoms with Crippen LogP contribution in [-0.4, -0.2) is 93.6 Å². The van der Waals surface area contributed by atoms with Crippen molar-refractivity contribution in [3.8, 4) is 0 Å². The van der Waals surface area contributed by atoms with Gasteiger partial charge in [0.1, 0.15) is 0 Å².